The third-order valence-corrected chi connectivity index (χ3v) is 3.03. The van der Waals surface area contributed by atoms with Crippen molar-refractivity contribution in [2.24, 2.45) is 0 Å². The minimum Gasteiger partial charge on any atom is -0.469 e. The van der Waals surface area contributed by atoms with Crippen LogP contribution in [0.25, 0.3) is 0 Å². The number of anilines is 1. The summed E-state index contributed by atoms with van der Waals surface area (Å²) in [7, 11) is 4.12. The first kappa shape index (κ1) is 14.3. The summed E-state index contributed by atoms with van der Waals surface area (Å²) in [6, 6.07) is 13.8. The second-order valence-electron chi connectivity index (χ2n) is 5.04. The normalized spacial score (nSPS) is 12.3. The van der Waals surface area contributed by atoms with Crippen LogP contribution in [-0.2, 0) is 0 Å². The minimum absolute atomic E-state index is 0.00488. The van der Waals surface area contributed by atoms with Gasteiger partial charge in [-0.2, -0.15) is 0 Å². The number of nitrogen functional groups attached to an aromatic ring is 1. The van der Waals surface area contributed by atoms with Crippen molar-refractivity contribution in [2.45, 2.75) is 12.5 Å². The minimum atomic E-state index is -0.00488. The Balaban J connectivity index is 2.12. The zero-order valence-electron chi connectivity index (χ0n) is 12.0. The Kier molecular flexibility index (Phi) is 4.96. The number of ether oxygens (including phenoxy) is 1. The molecule has 0 aliphatic rings. The number of rotatable bonds is 6. The molecule has 1 unspecified atom stereocenters. The van der Waals surface area contributed by atoms with Crippen molar-refractivity contribution in [1.29, 1.82) is 0 Å². The average molecular weight is 271 g/mol. The fourth-order valence-corrected chi connectivity index (χ4v) is 1.94. The first-order chi connectivity index (χ1) is 9.65. The standard InChI is InChI=1S/C16H21N3O/c1-19(2)11-10-15(13-6-4-3-5-7-13)20-16-9-8-14(17)12-18-16/h3-9,12,15H,10-11,17H2,1-2H3. The van der Waals surface area contributed by atoms with Crippen LogP contribution in [0.5, 0.6) is 5.88 Å². The number of pyridine rings is 1. The van der Waals surface area contributed by atoms with Crippen molar-refractivity contribution in [3.63, 3.8) is 0 Å². The maximum Gasteiger partial charge on any atom is 0.213 e. The van der Waals surface area contributed by atoms with Gasteiger partial charge in [0.25, 0.3) is 0 Å². The Bertz CT molecular complexity index is 511. The van der Waals surface area contributed by atoms with Crippen LogP contribution in [0.4, 0.5) is 5.69 Å². The average Bonchev–Trinajstić information content (AvgIpc) is 2.46. The van der Waals surface area contributed by atoms with Crippen LogP contribution in [0.1, 0.15) is 18.1 Å². The fourth-order valence-electron chi connectivity index (χ4n) is 1.94. The van der Waals surface area contributed by atoms with Crippen LogP contribution < -0.4 is 10.5 Å². The van der Waals surface area contributed by atoms with Crippen molar-refractivity contribution in [1.82, 2.24) is 9.88 Å². The van der Waals surface area contributed by atoms with Crippen LogP contribution in [0.2, 0.25) is 0 Å². The van der Waals surface area contributed by atoms with Crippen molar-refractivity contribution in [2.75, 3.05) is 26.4 Å². The number of aromatic nitrogens is 1. The summed E-state index contributed by atoms with van der Waals surface area (Å²) < 4.78 is 6.01. The monoisotopic (exact) mass is 271 g/mol. The molecular weight excluding hydrogens is 250 g/mol. The van der Waals surface area contributed by atoms with E-state index in [2.05, 4.69) is 36.1 Å². The highest BCUT2D eigenvalue weighted by Crippen LogP contribution is 2.23. The van der Waals surface area contributed by atoms with E-state index in [4.69, 9.17) is 10.5 Å². The molecule has 1 heterocycles. The van der Waals surface area contributed by atoms with Gasteiger partial charge in [-0.3, -0.25) is 0 Å². The van der Waals surface area contributed by atoms with Gasteiger partial charge in [-0.05, 0) is 25.7 Å². The van der Waals surface area contributed by atoms with Gasteiger partial charge >= 0.3 is 0 Å². The zero-order valence-corrected chi connectivity index (χ0v) is 12.0. The van der Waals surface area contributed by atoms with Crippen LogP contribution in [0.15, 0.2) is 48.7 Å². The molecule has 1 atom stereocenters. The van der Waals surface area contributed by atoms with E-state index in [1.165, 1.54) is 0 Å². The van der Waals surface area contributed by atoms with Crippen LogP contribution in [-0.4, -0.2) is 30.5 Å². The fraction of sp³-hybridized carbons (Fsp3) is 0.312. The summed E-state index contributed by atoms with van der Waals surface area (Å²) in [4.78, 5) is 6.36. The summed E-state index contributed by atoms with van der Waals surface area (Å²) in [5.74, 6) is 0.604. The molecule has 0 amide bonds. The Morgan fingerprint density at radius 2 is 1.90 bits per heavy atom. The summed E-state index contributed by atoms with van der Waals surface area (Å²) in [6.07, 6.45) is 2.52. The quantitative estimate of drug-likeness (QED) is 0.877. The van der Waals surface area contributed by atoms with Crippen molar-refractivity contribution in [3.8, 4) is 5.88 Å². The molecule has 0 aliphatic heterocycles. The van der Waals surface area contributed by atoms with E-state index < -0.39 is 0 Å². The molecule has 0 aliphatic carbocycles. The predicted molar refractivity (Wildman–Crippen MR) is 81.6 cm³/mol. The summed E-state index contributed by atoms with van der Waals surface area (Å²) in [5.41, 5.74) is 7.44. The van der Waals surface area contributed by atoms with Gasteiger partial charge in [0.05, 0.1) is 11.9 Å². The molecule has 1 aromatic heterocycles. The Labute approximate surface area is 120 Å². The lowest BCUT2D eigenvalue weighted by molar-refractivity contribution is 0.172. The molecule has 0 saturated heterocycles. The molecule has 0 bridgehead atoms. The molecule has 2 rings (SSSR count). The highest BCUT2D eigenvalue weighted by molar-refractivity contribution is 5.36. The summed E-state index contributed by atoms with van der Waals surface area (Å²) >= 11 is 0. The third-order valence-electron chi connectivity index (χ3n) is 3.03. The molecule has 4 nitrogen and oxygen atoms in total. The lowest BCUT2D eigenvalue weighted by atomic mass is 10.1. The van der Waals surface area contributed by atoms with Gasteiger partial charge in [-0.25, -0.2) is 4.98 Å². The van der Waals surface area contributed by atoms with Gasteiger partial charge in [-0.15, -0.1) is 0 Å². The first-order valence-corrected chi connectivity index (χ1v) is 6.73. The molecule has 0 fully saturated rings. The topological polar surface area (TPSA) is 51.4 Å². The van der Waals surface area contributed by atoms with Crippen LogP contribution in [0, 0.1) is 0 Å². The lowest BCUT2D eigenvalue weighted by Gasteiger charge is -2.21. The number of hydrogen-bond donors (Lipinski definition) is 1. The van der Waals surface area contributed by atoms with Gasteiger partial charge in [0.1, 0.15) is 6.10 Å². The Morgan fingerprint density at radius 3 is 2.50 bits per heavy atom. The molecular formula is C16H21N3O. The molecule has 20 heavy (non-hydrogen) atoms. The van der Waals surface area contributed by atoms with Gasteiger partial charge in [0.2, 0.25) is 5.88 Å². The Hall–Kier alpha value is -2.07. The first-order valence-electron chi connectivity index (χ1n) is 6.73. The zero-order chi connectivity index (χ0) is 14.4. The number of nitrogens with two attached hydrogens (primary N) is 1. The number of nitrogens with zero attached hydrogens (tertiary/aromatic N) is 2. The molecule has 1 aromatic carbocycles. The van der Waals surface area contributed by atoms with E-state index in [0.717, 1.165) is 18.5 Å². The smallest absolute Gasteiger partial charge is 0.213 e. The van der Waals surface area contributed by atoms with Crippen LogP contribution >= 0.6 is 0 Å². The van der Waals surface area contributed by atoms with Gasteiger partial charge in [0.15, 0.2) is 0 Å². The number of benzene rings is 1. The second kappa shape index (κ2) is 6.91. The van der Waals surface area contributed by atoms with Crippen molar-refractivity contribution in [3.05, 3.63) is 54.2 Å². The lowest BCUT2D eigenvalue weighted by Crippen LogP contribution is -2.19. The maximum absolute atomic E-state index is 6.01. The molecule has 0 spiro atoms. The van der Waals surface area contributed by atoms with E-state index in [-0.39, 0.29) is 6.10 Å². The molecule has 0 saturated carbocycles. The van der Waals surface area contributed by atoms with Gasteiger partial charge in [-0.1, -0.05) is 30.3 Å². The Morgan fingerprint density at radius 1 is 1.15 bits per heavy atom. The predicted octanol–water partition coefficient (Wildman–Crippen LogP) is 2.74. The maximum atomic E-state index is 6.01. The molecule has 0 radical (unpaired) electrons. The van der Waals surface area contributed by atoms with Crippen LogP contribution in [0.3, 0.4) is 0 Å². The van der Waals surface area contributed by atoms with Gasteiger partial charge < -0.3 is 15.4 Å². The molecule has 106 valence electrons. The third kappa shape index (κ3) is 4.24. The molecule has 4 heteroatoms. The van der Waals surface area contributed by atoms with E-state index in [1.807, 2.05) is 18.2 Å². The van der Waals surface area contributed by atoms with E-state index in [9.17, 15) is 0 Å². The van der Waals surface area contributed by atoms with E-state index in [1.54, 1.807) is 18.3 Å². The highest BCUT2D eigenvalue weighted by Gasteiger charge is 2.14. The molecule has 2 aromatic rings. The number of hydrogen-bond acceptors (Lipinski definition) is 4. The van der Waals surface area contributed by atoms with Crippen molar-refractivity contribution >= 4 is 5.69 Å². The summed E-state index contributed by atoms with van der Waals surface area (Å²) in [6.45, 7) is 0.953. The SMILES string of the molecule is CN(C)CCC(Oc1ccc(N)cn1)c1ccccc1. The highest BCUT2D eigenvalue weighted by atomic mass is 16.5. The van der Waals surface area contributed by atoms with E-state index >= 15 is 0 Å². The van der Waals surface area contributed by atoms with Gasteiger partial charge in [0, 0.05) is 19.0 Å². The summed E-state index contributed by atoms with van der Waals surface area (Å²) in [5, 5.41) is 0. The largest absolute Gasteiger partial charge is 0.469 e. The van der Waals surface area contributed by atoms with E-state index in [0.29, 0.717) is 11.6 Å². The second-order valence-corrected chi connectivity index (χ2v) is 5.04. The molecule has 2 N–H and O–H groups in total. The van der Waals surface area contributed by atoms with Crippen molar-refractivity contribution < 1.29 is 4.74 Å².